The second-order valence-corrected chi connectivity index (χ2v) is 6.95. The van der Waals surface area contributed by atoms with Crippen molar-refractivity contribution in [2.24, 2.45) is 0 Å². The van der Waals surface area contributed by atoms with E-state index in [4.69, 9.17) is 0 Å². The van der Waals surface area contributed by atoms with Crippen LogP contribution in [0, 0.1) is 5.82 Å². The summed E-state index contributed by atoms with van der Waals surface area (Å²) in [6.07, 6.45) is 1.04. The van der Waals surface area contributed by atoms with E-state index in [9.17, 15) is 17.6 Å². The highest BCUT2D eigenvalue weighted by Gasteiger charge is 2.12. The second kappa shape index (κ2) is 6.78. The van der Waals surface area contributed by atoms with E-state index in [-0.39, 0.29) is 17.8 Å². The Morgan fingerprint density at radius 1 is 1.13 bits per heavy atom. The third-order valence-electron chi connectivity index (χ3n) is 3.15. The first-order valence-corrected chi connectivity index (χ1v) is 8.78. The van der Waals surface area contributed by atoms with Crippen LogP contribution in [0.4, 0.5) is 10.1 Å². The number of benzene rings is 2. The molecule has 0 spiro atoms. The summed E-state index contributed by atoms with van der Waals surface area (Å²) < 4.78 is 37.7. The number of amides is 1. The highest BCUT2D eigenvalue weighted by Crippen LogP contribution is 2.16. The van der Waals surface area contributed by atoms with E-state index in [1.54, 1.807) is 37.3 Å². The third-order valence-corrected chi connectivity index (χ3v) is 3.75. The maximum atomic E-state index is 12.9. The Hall–Kier alpha value is -2.41. The Bertz CT molecular complexity index is 804. The van der Waals surface area contributed by atoms with E-state index in [1.165, 1.54) is 18.2 Å². The SMILES string of the molecule is CC(NC(=O)c1cccc(NS(C)(=O)=O)c1)c1ccc(F)cc1. The summed E-state index contributed by atoms with van der Waals surface area (Å²) in [6.45, 7) is 1.78. The predicted octanol–water partition coefficient (Wildman–Crippen LogP) is 2.69. The van der Waals surface area contributed by atoms with Crippen molar-refractivity contribution >= 4 is 21.6 Å². The average Bonchev–Trinajstić information content (AvgIpc) is 2.46. The number of nitrogens with one attached hydrogen (secondary N) is 2. The minimum atomic E-state index is -3.41. The number of carbonyl (C=O) groups is 1. The van der Waals surface area contributed by atoms with Gasteiger partial charge in [0.2, 0.25) is 10.0 Å². The van der Waals surface area contributed by atoms with E-state index >= 15 is 0 Å². The number of halogens is 1. The van der Waals surface area contributed by atoms with Crippen LogP contribution < -0.4 is 10.0 Å². The molecule has 7 heteroatoms. The molecule has 0 aliphatic rings. The van der Waals surface area contributed by atoms with Crippen LogP contribution in [0.5, 0.6) is 0 Å². The Morgan fingerprint density at radius 3 is 2.39 bits per heavy atom. The molecule has 2 aromatic carbocycles. The molecule has 0 saturated carbocycles. The Labute approximate surface area is 134 Å². The molecule has 1 unspecified atom stereocenters. The lowest BCUT2D eigenvalue weighted by molar-refractivity contribution is 0.0940. The molecule has 2 aromatic rings. The van der Waals surface area contributed by atoms with Crippen LogP contribution >= 0.6 is 0 Å². The van der Waals surface area contributed by atoms with Crippen molar-refractivity contribution in [2.45, 2.75) is 13.0 Å². The van der Waals surface area contributed by atoms with Crippen LogP contribution in [0.15, 0.2) is 48.5 Å². The Kier molecular flexibility index (Phi) is 5.00. The smallest absolute Gasteiger partial charge is 0.251 e. The molecular weight excluding hydrogens is 319 g/mol. The minimum Gasteiger partial charge on any atom is -0.346 e. The molecule has 23 heavy (non-hydrogen) atoms. The zero-order valence-corrected chi connectivity index (χ0v) is 13.5. The highest BCUT2D eigenvalue weighted by atomic mass is 32.2. The summed E-state index contributed by atoms with van der Waals surface area (Å²) >= 11 is 0. The van der Waals surface area contributed by atoms with Crippen LogP contribution in [-0.4, -0.2) is 20.6 Å². The zero-order chi connectivity index (χ0) is 17.0. The van der Waals surface area contributed by atoms with E-state index in [1.807, 2.05) is 0 Å². The van der Waals surface area contributed by atoms with E-state index in [0.717, 1.165) is 11.8 Å². The largest absolute Gasteiger partial charge is 0.346 e. The summed E-state index contributed by atoms with van der Waals surface area (Å²) in [6, 6.07) is 11.7. The van der Waals surface area contributed by atoms with Gasteiger partial charge in [-0.3, -0.25) is 9.52 Å². The molecule has 0 aromatic heterocycles. The van der Waals surface area contributed by atoms with Crippen molar-refractivity contribution in [1.29, 1.82) is 0 Å². The lowest BCUT2D eigenvalue weighted by atomic mass is 10.1. The standard InChI is InChI=1S/C16H17FN2O3S/c1-11(12-6-8-14(17)9-7-12)18-16(20)13-4-3-5-15(10-13)19-23(2,21)22/h3-11,19H,1-2H3,(H,18,20). The van der Waals surface area contributed by atoms with Gasteiger partial charge in [0.1, 0.15) is 5.82 Å². The monoisotopic (exact) mass is 336 g/mol. The maximum Gasteiger partial charge on any atom is 0.251 e. The van der Waals surface area contributed by atoms with Gasteiger partial charge in [-0.25, -0.2) is 12.8 Å². The number of carbonyl (C=O) groups excluding carboxylic acids is 1. The lowest BCUT2D eigenvalue weighted by Crippen LogP contribution is -2.26. The van der Waals surface area contributed by atoms with Crippen molar-refractivity contribution in [3.8, 4) is 0 Å². The van der Waals surface area contributed by atoms with Gasteiger partial charge in [0.15, 0.2) is 0 Å². The molecule has 1 atom stereocenters. The first-order valence-electron chi connectivity index (χ1n) is 6.89. The molecule has 0 radical (unpaired) electrons. The van der Waals surface area contributed by atoms with Crippen LogP contribution in [0.1, 0.15) is 28.9 Å². The van der Waals surface area contributed by atoms with Crippen LogP contribution in [0.2, 0.25) is 0 Å². The second-order valence-electron chi connectivity index (χ2n) is 5.20. The van der Waals surface area contributed by atoms with Gasteiger partial charge in [0.05, 0.1) is 12.3 Å². The van der Waals surface area contributed by atoms with E-state index < -0.39 is 10.0 Å². The third kappa shape index (κ3) is 5.07. The van der Waals surface area contributed by atoms with Crippen LogP contribution in [0.25, 0.3) is 0 Å². The van der Waals surface area contributed by atoms with Gasteiger partial charge in [-0.05, 0) is 42.8 Å². The molecule has 0 aliphatic carbocycles. The highest BCUT2D eigenvalue weighted by molar-refractivity contribution is 7.92. The molecular formula is C16H17FN2O3S. The molecule has 5 nitrogen and oxygen atoms in total. The Morgan fingerprint density at radius 2 is 1.78 bits per heavy atom. The molecule has 2 N–H and O–H groups in total. The number of hydrogen-bond acceptors (Lipinski definition) is 3. The fourth-order valence-electron chi connectivity index (χ4n) is 2.05. The maximum absolute atomic E-state index is 12.9. The van der Waals surface area contributed by atoms with Gasteiger partial charge in [-0.15, -0.1) is 0 Å². The average molecular weight is 336 g/mol. The molecule has 0 aliphatic heterocycles. The topological polar surface area (TPSA) is 75.3 Å². The normalized spacial score (nSPS) is 12.5. The zero-order valence-electron chi connectivity index (χ0n) is 12.7. The van der Waals surface area contributed by atoms with Crippen molar-refractivity contribution in [2.75, 3.05) is 11.0 Å². The first kappa shape index (κ1) is 17.0. The summed E-state index contributed by atoms with van der Waals surface area (Å²) in [5.74, 6) is -0.689. The fourth-order valence-corrected chi connectivity index (χ4v) is 2.61. The van der Waals surface area contributed by atoms with Crippen LogP contribution in [0.3, 0.4) is 0 Å². The van der Waals surface area contributed by atoms with E-state index in [0.29, 0.717) is 11.3 Å². The predicted molar refractivity (Wildman–Crippen MR) is 87.2 cm³/mol. The Balaban J connectivity index is 2.11. The molecule has 122 valence electrons. The van der Waals surface area contributed by atoms with Crippen molar-refractivity contribution < 1.29 is 17.6 Å². The molecule has 0 heterocycles. The summed E-state index contributed by atoms with van der Waals surface area (Å²) in [5.41, 5.74) is 1.41. The van der Waals surface area contributed by atoms with Gasteiger partial charge in [0, 0.05) is 11.3 Å². The van der Waals surface area contributed by atoms with Crippen molar-refractivity contribution in [3.05, 3.63) is 65.5 Å². The molecule has 0 bridgehead atoms. The van der Waals surface area contributed by atoms with Crippen molar-refractivity contribution in [1.82, 2.24) is 5.32 Å². The molecule has 0 fully saturated rings. The molecule has 1 amide bonds. The number of rotatable bonds is 5. The van der Waals surface area contributed by atoms with E-state index in [2.05, 4.69) is 10.0 Å². The van der Waals surface area contributed by atoms with Gasteiger partial charge >= 0.3 is 0 Å². The summed E-state index contributed by atoms with van der Waals surface area (Å²) in [5, 5.41) is 2.78. The van der Waals surface area contributed by atoms with Gasteiger partial charge in [-0.1, -0.05) is 18.2 Å². The summed E-state index contributed by atoms with van der Waals surface area (Å²) in [7, 11) is -3.41. The minimum absolute atomic E-state index is 0.311. The number of hydrogen-bond donors (Lipinski definition) is 2. The van der Waals surface area contributed by atoms with Crippen LogP contribution in [-0.2, 0) is 10.0 Å². The molecule has 0 saturated heterocycles. The quantitative estimate of drug-likeness (QED) is 0.881. The fraction of sp³-hybridized carbons (Fsp3) is 0.188. The lowest BCUT2D eigenvalue weighted by Gasteiger charge is -2.15. The van der Waals surface area contributed by atoms with Gasteiger partial charge in [0.25, 0.3) is 5.91 Å². The number of sulfonamides is 1. The number of anilines is 1. The molecule has 2 rings (SSSR count). The van der Waals surface area contributed by atoms with Crippen molar-refractivity contribution in [3.63, 3.8) is 0 Å². The summed E-state index contributed by atoms with van der Waals surface area (Å²) in [4.78, 5) is 12.3. The van der Waals surface area contributed by atoms with Gasteiger partial charge in [-0.2, -0.15) is 0 Å². The van der Waals surface area contributed by atoms with Gasteiger partial charge < -0.3 is 5.32 Å². The first-order chi connectivity index (χ1) is 10.7.